The number of rotatable bonds is 5. The van der Waals surface area contributed by atoms with Crippen molar-refractivity contribution in [3.8, 4) is 0 Å². The molecule has 1 saturated carbocycles. The number of carbonyl (C=O) groups excluding carboxylic acids is 2. The number of anilines is 1. The zero-order chi connectivity index (χ0) is 23.5. The number of hydrogen-bond acceptors (Lipinski definition) is 5. The molecule has 2 amide bonds. The number of benzene rings is 1. The van der Waals surface area contributed by atoms with Crippen LogP contribution in [0, 0.1) is 25.6 Å². The van der Waals surface area contributed by atoms with E-state index in [1.807, 2.05) is 11.8 Å². The van der Waals surface area contributed by atoms with E-state index in [0.717, 1.165) is 55.6 Å². The lowest BCUT2D eigenvalue weighted by Crippen LogP contribution is -2.54. The lowest BCUT2D eigenvalue weighted by Gasteiger charge is -2.41. The Bertz CT molecular complexity index is 1020. The van der Waals surface area contributed by atoms with Crippen LogP contribution in [0.3, 0.4) is 0 Å². The van der Waals surface area contributed by atoms with E-state index in [1.165, 1.54) is 12.1 Å². The average Bonchev–Trinajstić information content (AvgIpc) is 3.32. The number of aromatic nitrogens is 2. The Balaban J connectivity index is 1.42. The molecule has 1 saturated heterocycles. The second kappa shape index (κ2) is 9.95. The molecule has 33 heavy (non-hydrogen) atoms. The van der Waals surface area contributed by atoms with Crippen molar-refractivity contribution in [2.45, 2.75) is 59.0 Å². The molecule has 8 heteroatoms. The number of amides is 2. The monoisotopic (exact) mass is 453 g/mol. The molecule has 1 aromatic carbocycles. The normalized spacial score (nSPS) is 19.6. The first-order chi connectivity index (χ1) is 15.8. The molecule has 0 radical (unpaired) electrons. The Morgan fingerprint density at radius 2 is 1.88 bits per heavy atom. The van der Waals surface area contributed by atoms with Gasteiger partial charge in [0.15, 0.2) is 5.69 Å². The second-order valence-electron chi connectivity index (χ2n) is 9.35. The molecule has 1 aromatic heterocycles. The molecule has 2 aliphatic rings. The first-order valence-electron chi connectivity index (χ1n) is 11.8. The third-order valence-electron chi connectivity index (χ3n) is 6.85. The van der Waals surface area contributed by atoms with Gasteiger partial charge in [-0.15, -0.1) is 5.10 Å². The summed E-state index contributed by atoms with van der Waals surface area (Å²) in [7, 11) is 0. The van der Waals surface area contributed by atoms with Crippen LogP contribution >= 0.6 is 0 Å². The number of piperazine rings is 1. The maximum atomic E-state index is 14.4. The third kappa shape index (κ3) is 5.38. The van der Waals surface area contributed by atoms with Crippen LogP contribution in [0.5, 0.6) is 0 Å². The van der Waals surface area contributed by atoms with Crippen LogP contribution in [-0.4, -0.2) is 57.5 Å². The predicted molar refractivity (Wildman–Crippen MR) is 124 cm³/mol. The van der Waals surface area contributed by atoms with Gasteiger partial charge in [0.05, 0.1) is 5.69 Å². The van der Waals surface area contributed by atoms with Crippen molar-refractivity contribution in [2.75, 3.05) is 25.0 Å². The minimum absolute atomic E-state index is 0.125. The highest BCUT2D eigenvalue weighted by atomic mass is 19.1. The number of halogens is 1. The molecule has 1 N–H and O–H groups in total. The molecule has 1 aliphatic heterocycles. The highest BCUT2D eigenvalue weighted by Gasteiger charge is 2.33. The van der Waals surface area contributed by atoms with Gasteiger partial charge in [-0.25, -0.2) is 4.39 Å². The molecule has 1 unspecified atom stereocenters. The number of nitrogens with one attached hydrogen (secondary N) is 1. The largest absolute Gasteiger partial charge is 0.337 e. The average molecular weight is 454 g/mol. The second-order valence-corrected chi connectivity index (χ2v) is 9.35. The summed E-state index contributed by atoms with van der Waals surface area (Å²) in [5.41, 5.74) is 2.98. The molecular weight excluding hydrogens is 421 g/mol. The molecule has 2 fully saturated rings. The third-order valence-corrected chi connectivity index (χ3v) is 6.85. The van der Waals surface area contributed by atoms with Crippen molar-refractivity contribution in [1.82, 2.24) is 20.0 Å². The minimum atomic E-state index is -0.421. The predicted octanol–water partition coefficient (Wildman–Crippen LogP) is 3.71. The Morgan fingerprint density at radius 1 is 1.12 bits per heavy atom. The van der Waals surface area contributed by atoms with Crippen LogP contribution in [-0.2, 0) is 11.3 Å². The van der Waals surface area contributed by atoms with Crippen LogP contribution in [0.25, 0.3) is 0 Å². The highest BCUT2D eigenvalue weighted by molar-refractivity contribution is 6.03. The standard InChI is InChI=1S/C25H32FN5O2/c1-16-8-9-22(29-28-16)24(32)27-23-13-21(26)12-20(18(23)3)15-30-10-11-31(17(2)14-30)25(33)19-6-4-5-7-19/h8-9,12-13,17,19H,4-7,10-11,14-15H2,1-3H3,(H,27,32). The fraction of sp³-hybridized carbons (Fsp3) is 0.520. The number of nitrogens with zero attached hydrogens (tertiary/aromatic N) is 4. The van der Waals surface area contributed by atoms with E-state index >= 15 is 0 Å². The fourth-order valence-corrected chi connectivity index (χ4v) is 4.89. The van der Waals surface area contributed by atoms with Crippen molar-refractivity contribution < 1.29 is 14.0 Å². The smallest absolute Gasteiger partial charge is 0.276 e. The zero-order valence-corrected chi connectivity index (χ0v) is 19.6. The summed E-state index contributed by atoms with van der Waals surface area (Å²) in [5.74, 6) is -0.335. The number of aryl methyl sites for hydroxylation is 1. The van der Waals surface area contributed by atoms with Crippen LogP contribution in [0.2, 0.25) is 0 Å². The summed E-state index contributed by atoms with van der Waals surface area (Å²) in [5, 5.41) is 10.6. The number of hydrogen-bond donors (Lipinski definition) is 1. The summed E-state index contributed by atoms with van der Waals surface area (Å²) in [6, 6.07) is 6.29. The fourth-order valence-electron chi connectivity index (χ4n) is 4.89. The van der Waals surface area contributed by atoms with Crippen LogP contribution in [0.4, 0.5) is 10.1 Å². The van der Waals surface area contributed by atoms with Gasteiger partial charge >= 0.3 is 0 Å². The molecule has 0 bridgehead atoms. The topological polar surface area (TPSA) is 78.4 Å². The van der Waals surface area contributed by atoms with Crippen LogP contribution < -0.4 is 5.32 Å². The zero-order valence-electron chi connectivity index (χ0n) is 19.6. The van der Waals surface area contributed by atoms with Gasteiger partial charge in [0.25, 0.3) is 5.91 Å². The van der Waals surface area contributed by atoms with Gasteiger partial charge < -0.3 is 10.2 Å². The van der Waals surface area contributed by atoms with Gasteiger partial charge in [0.2, 0.25) is 5.91 Å². The van der Waals surface area contributed by atoms with E-state index in [1.54, 1.807) is 19.1 Å². The van der Waals surface area contributed by atoms with Crippen molar-refractivity contribution in [3.63, 3.8) is 0 Å². The van der Waals surface area contributed by atoms with Gasteiger partial charge in [-0.2, -0.15) is 5.10 Å². The van der Waals surface area contributed by atoms with Crippen molar-refractivity contribution in [2.24, 2.45) is 5.92 Å². The van der Waals surface area contributed by atoms with Gasteiger partial charge in [-0.3, -0.25) is 14.5 Å². The molecule has 0 spiro atoms. The van der Waals surface area contributed by atoms with E-state index in [2.05, 4.69) is 27.3 Å². The Morgan fingerprint density at radius 3 is 2.55 bits per heavy atom. The number of carbonyl (C=O) groups is 2. The van der Waals surface area contributed by atoms with Crippen molar-refractivity contribution in [3.05, 3.63) is 52.6 Å². The van der Waals surface area contributed by atoms with Crippen LogP contribution in [0.15, 0.2) is 24.3 Å². The Kier molecular flexibility index (Phi) is 7.02. The van der Waals surface area contributed by atoms with Gasteiger partial charge in [0.1, 0.15) is 5.82 Å². The molecular formula is C25H32FN5O2. The lowest BCUT2D eigenvalue weighted by atomic mass is 10.0. The van der Waals surface area contributed by atoms with Gasteiger partial charge in [0, 0.05) is 43.8 Å². The maximum Gasteiger partial charge on any atom is 0.276 e. The molecule has 176 valence electrons. The van der Waals surface area contributed by atoms with E-state index in [4.69, 9.17) is 0 Å². The Hall–Kier alpha value is -2.87. The summed E-state index contributed by atoms with van der Waals surface area (Å²) < 4.78 is 14.4. The molecule has 1 aliphatic carbocycles. The van der Waals surface area contributed by atoms with E-state index in [9.17, 15) is 14.0 Å². The molecule has 2 aromatic rings. The quantitative estimate of drug-likeness (QED) is 0.747. The van der Waals surface area contributed by atoms with E-state index < -0.39 is 11.7 Å². The molecule has 1 atom stereocenters. The molecule has 7 nitrogen and oxygen atoms in total. The van der Waals surface area contributed by atoms with Gasteiger partial charge in [-0.05, 0) is 69.0 Å². The summed E-state index contributed by atoms with van der Waals surface area (Å²) >= 11 is 0. The van der Waals surface area contributed by atoms with Crippen LogP contribution in [0.1, 0.15) is 59.9 Å². The summed E-state index contributed by atoms with van der Waals surface area (Å²) in [4.78, 5) is 29.7. The minimum Gasteiger partial charge on any atom is -0.337 e. The van der Waals surface area contributed by atoms with E-state index in [-0.39, 0.29) is 17.7 Å². The maximum absolute atomic E-state index is 14.4. The Labute approximate surface area is 194 Å². The van der Waals surface area contributed by atoms with Crippen molar-refractivity contribution >= 4 is 17.5 Å². The SMILES string of the molecule is Cc1ccc(C(=O)Nc2cc(F)cc(CN3CCN(C(=O)C4CCCC4)C(C)C3)c2C)nn1. The van der Waals surface area contributed by atoms with Gasteiger partial charge in [-0.1, -0.05) is 12.8 Å². The first-order valence-corrected chi connectivity index (χ1v) is 11.8. The van der Waals surface area contributed by atoms with E-state index in [0.29, 0.717) is 24.7 Å². The van der Waals surface area contributed by atoms with Crippen molar-refractivity contribution in [1.29, 1.82) is 0 Å². The first kappa shape index (κ1) is 23.3. The highest BCUT2D eigenvalue weighted by Crippen LogP contribution is 2.29. The molecule has 4 rings (SSSR count). The summed E-state index contributed by atoms with van der Waals surface area (Å²) in [6.07, 6.45) is 4.33. The lowest BCUT2D eigenvalue weighted by molar-refractivity contribution is -0.140. The summed E-state index contributed by atoms with van der Waals surface area (Å²) in [6.45, 7) is 8.52. The molecule has 2 heterocycles.